The van der Waals surface area contributed by atoms with Gasteiger partial charge >= 0.3 is 12.2 Å². The molecule has 0 atom stereocenters. The molecule has 6 fully saturated rings. The highest BCUT2D eigenvalue weighted by Crippen LogP contribution is 2.40. The van der Waals surface area contributed by atoms with E-state index in [1.807, 2.05) is 53.8 Å². The Balaban J connectivity index is 0.000000197. The van der Waals surface area contributed by atoms with Crippen molar-refractivity contribution >= 4 is 35.1 Å². The van der Waals surface area contributed by atoms with Crippen molar-refractivity contribution in [3.63, 3.8) is 0 Å². The molecule has 6 saturated carbocycles. The number of hydrogen-bond acceptors (Lipinski definition) is 15. The molecule has 1 aliphatic heterocycles. The molecule has 79 heavy (non-hydrogen) atoms. The number of rotatable bonds is 7. The number of amides is 3. The van der Waals surface area contributed by atoms with Gasteiger partial charge in [0.05, 0.1) is 5.54 Å². The summed E-state index contributed by atoms with van der Waals surface area (Å²) in [6, 6.07) is 6.70. The predicted octanol–water partition coefficient (Wildman–Crippen LogP) is 8.32. The van der Waals surface area contributed by atoms with Crippen LogP contribution in [0.1, 0.15) is 213 Å². The maximum Gasteiger partial charge on any atom is 0.407 e. The van der Waals surface area contributed by atoms with Crippen LogP contribution in [-0.2, 0) is 15.0 Å². The third kappa shape index (κ3) is 22.4. The molecule has 3 heterocycles. The van der Waals surface area contributed by atoms with Crippen molar-refractivity contribution in [3.8, 4) is 0 Å². The number of nitrogens with two attached hydrogens (primary N) is 4. The molecule has 19 nitrogen and oxygen atoms in total. The van der Waals surface area contributed by atoms with E-state index in [0.717, 1.165) is 126 Å². The van der Waals surface area contributed by atoms with Gasteiger partial charge in [0.1, 0.15) is 22.5 Å². The summed E-state index contributed by atoms with van der Waals surface area (Å²) in [7, 11) is 12.9. The third-order valence-corrected chi connectivity index (χ3v) is 17.3. The summed E-state index contributed by atoms with van der Waals surface area (Å²) in [5.41, 5.74) is 23.6. The molecular formula is C60H112N14O5. The number of nitrogens with one attached hydrogen (secondary N) is 4. The van der Waals surface area contributed by atoms with Gasteiger partial charge in [-0.1, -0.05) is 19.3 Å². The molecule has 0 saturated heterocycles. The molecule has 19 heteroatoms. The zero-order chi connectivity index (χ0) is 58.1. The maximum absolute atomic E-state index is 12.6. The van der Waals surface area contributed by atoms with Gasteiger partial charge in [0.25, 0.3) is 5.91 Å². The Kier molecular flexibility index (Phi) is 25.9. The monoisotopic (exact) mass is 1110 g/mol. The molecule has 12 N–H and O–H groups in total. The first-order valence-electron chi connectivity index (χ1n) is 30.6. The lowest BCUT2D eigenvalue weighted by Crippen LogP contribution is -2.52. The van der Waals surface area contributed by atoms with Crippen LogP contribution in [-0.4, -0.2) is 168 Å². The number of hydrogen-bond donors (Lipinski definition) is 8. The molecule has 1 spiro atoms. The smallest absolute Gasteiger partial charge is 0.407 e. The molecule has 0 aromatic carbocycles. The highest BCUT2D eigenvalue weighted by molar-refractivity contribution is 5.99. The second-order valence-electron chi connectivity index (χ2n) is 27.0. The van der Waals surface area contributed by atoms with Crippen LogP contribution >= 0.6 is 0 Å². The lowest BCUT2D eigenvalue weighted by Gasteiger charge is -2.42. The lowest BCUT2D eigenvalue weighted by atomic mass is 9.80. The van der Waals surface area contributed by atoms with Crippen LogP contribution < -0.4 is 44.2 Å². The molecule has 6 aliphatic carbocycles. The van der Waals surface area contributed by atoms with Crippen molar-refractivity contribution in [2.75, 3.05) is 54.1 Å². The number of alkyl carbamates (subject to hydrolysis) is 2. The molecule has 2 aromatic heterocycles. The van der Waals surface area contributed by atoms with Crippen LogP contribution in [0.4, 0.5) is 15.5 Å². The van der Waals surface area contributed by atoms with Crippen LogP contribution in [0.3, 0.4) is 0 Å². The van der Waals surface area contributed by atoms with Crippen LogP contribution in [0.15, 0.2) is 12.3 Å². The lowest BCUT2D eigenvalue weighted by molar-refractivity contribution is 0.0475. The summed E-state index contributed by atoms with van der Waals surface area (Å²) in [4.78, 5) is 52.0. The fourth-order valence-electron chi connectivity index (χ4n) is 12.4. The Hall–Kier alpha value is -3.85. The fraction of sp³-hybridized carbons (Fsp3) is 0.850. The van der Waals surface area contributed by atoms with Gasteiger partial charge in [0.15, 0.2) is 0 Å². The summed E-state index contributed by atoms with van der Waals surface area (Å²) in [5, 5.41) is 13.5. The molecule has 3 amide bonds. The van der Waals surface area contributed by atoms with E-state index >= 15 is 0 Å². The average Bonchev–Trinajstić information content (AvgIpc) is 4.05. The quantitative estimate of drug-likeness (QED) is 0.130. The van der Waals surface area contributed by atoms with E-state index in [2.05, 4.69) is 87.8 Å². The minimum absolute atomic E-state index is 0.00992. The van der Waals surface area contributed by atoms with Gasteiger partial charge in [0.2, 0.25) is 5.95 Å². The van der Waals surface area contributed by atoms with Gasteiger partial charge in [-0.2, -0.15) is 4.98 Å². The van der Waals surface area contributed by atoms with Crippen molar-refractivity contribution in [2.45, 2.75) is 279 Å². The van der Waals surface area contributed by atoms with Crippen LogP contribution in [0.25, 0.3) is 11.0 Å². The molecule has 9 rings (SSSR count). The number of fused-ring (bicyclic) bond motifs is 4. The third-order valence-electron chi connectivity index (χ3n) is 17.3. The van der Waals surface area contributed by atoms with Crippen molar-refractivity contribution in [3.05, 3.63) is 18.0 Å². The predicted molar refractivity (Wildman–Crippen MR) is 321 cm³/mol. The van der Waals surface area contributed by atoms with Gasteiger partial charge in [0, 0.05) is 78.5 Å². The zero-order valence-electron chi connectivity index (χ0n) is 51.3. The van der Waals surface area contributed by atoms with Crippen molar-refractivity contribution in [1.29, 1.82) is 0 Å². The highest BCUT2D eigenvalue weighted by atomic mass is 16.6. The SMILES string of the molecule is CC(C)(C)OC(=O)NC1CCC(N)CC1.CN(C)C1CCC(N)CC1.CN(C)C1CCC(NC(=O)OC(C)(C)C)CC1.CN(C)C1CCC(Nc2ncc3cc4n(c3n2)C2(CCCCC2)CNC4=O)CC1.NC1CCC(N)CC1. The number of nitrogens with zero attached hydrogens (tertiary/aromatic N) is 6. The summed E-state index contributed by atoms with van der Waals surface area (Å²) in [6.07, 6.45) is 29.6. The average molecular weight is 1110 g/mol. The zero-order valence-corrected chi connectivity index (χ0v) is 51.3. The minimum atomic E-state index is -0.421. The Bertz CT molecular complexity index is 2100. The highest BCUT2D eigenvalue weighted by Gasteiger charge is 2.42. The molecule has 0 bridgehead atoms. The van der Waals surface area contributed by atoms with Crippen LogP contribution in [0, 0.1) is 0 Å². The summed E-state index contributed by atoms with van der Waals surface area (Å²) in [6.45, 7) is 12.0. The molecule has 7 aliphatic rings. The van der Waals surface area contributed by atoms with Gasteiger partial charge < -0.3 is 72.9 Å². The van der Waals surface area contributed by atoms with Gasteiger partial charge in [-0.15, -0.1) is 0 Å². The number of ether oxygens (including phenoxy) is 2. The molecule has 2 aromatic rings. The van der Waals surface area contributed by atoms with E-state index in [1.165, 1.54) is 57.8 Å². The van der Waals surface area contributed by atoms with Gasteiger partial charge in [-0.3, -0.25) is 4.79 Å². The molecule has 0 radical (unpaired) electrons. The van der Waals surface area contributed by atoms with E-state index in [0.29, 0.717) is 54.8 Å². The van der Waals surface area contributed by atoms with Gasteiger partial charge in [-0.05, 0) is 231 Å². The van der Waals surface area contributed by atoms with Crippen molar-refractivity contribution in [1.82, 2.24) is 45.2 Å². The van der Waals surface area contributed by atoms with Crippen molar-refractivity contribution < 1.29 is 23.9 Å². The second kappa shape index (κ2) is 31.0. The Labute approximate surface area is 476 Å². The van der Waals surface area contributed by atoms with Crippen LogP contribution in [0.2, 0.25) is 0 Å². The largest absolute Gasteiger partial charge is 0.444 e. The number of aromatic nitrogens is 3. The normalized spacial score (nSPS) is 28.9. The van der Waals surface area contributed by atoms with E-state index in [9.17, 15) is 14.4 Å². The van der Waals surface area contributed by atoms with E-state index in [1.54, 1.807) is 0 Å². The maximum atomic E-state index is 12.6. The fourth-order valence-corrected chi connectivity index (χ4v) is 12.4. The Morgan fingerprint density at radius 2 is 0.949 bits per heavy atom. The van der Waals surface area contributed by atoms with E-state index in [-0.39, 0.29) is 35.7 Å². The molecule has 0 unspecified atom stereocenters. The number of carbonyl (C=O) groups is 3. The summed E-state index contributed by atoms with van der Waals surface area (Å²) in [5.74, 6) is 0.708. The first kappa shape index (κ1) is 66.0. The number of anilines is 1. The first-order valence-corrected chi connectivity index (χ1v) is 30.6. The minimum Gasteiger partial charge on any atom is -0.444 e. The second-order valence-corrected chi connectivity index (χ2v) is 27.0. The first-order chi connectivity index (χ1) is 37.2. The van der Waals surface area contributed by atoms with Gasteiger partial charge in [-0.25, -0.2) is 14.6 Å². The Morgan fingerprint density at radius 1 is 0.582 bits per heavy atom. The summed E-state index contributed by atoms with van der Waals surface area (Å²) < 4.78 is 12.7. The topological polar surface area (TPSA) is 262 Å². The number of carbonyl (C=O) groups excluding carboxylic acids is 3. The van der Waals surface area contributed by atoms with Crippen molar-refractivity contribution in [2.24, 2.45) is 22.9 Å². The summed E-state index contributed by atoms with van der Waals surface area (Å²) >= 11 is 0. The van der Waals surface area contributed by atoms with E-state index in [4.69, 9.17) is 37.4 Å². The van der Waals surface area contributed by atoms with Crippen LogP contribution in [0.5, 0.6) is 0 Å². The standard InChI is InChI=1S/C22H32N6O.C13H26N2O2.C11H22N2O2.C8H18N2.C6H14N2/c1-27(2)17-8-6-16(7-9-17)25-21-23-13-15-12-18-20(29)24-14-22(10-4-3-5-11-22)28(18)19(15)26-21;1-13(2,3)17-12(16)14-10-6-8-11(9-7-10)15(4)5;1-11(2,3)15-10(14)13-9-6-4-8(12)5-7-9;1-10(2)8-5-3-7(9)4-6-8;7-5-1-2-6(8)4-3-5/h12-13,16-17H,3-11,14H2,1-2H3,(H,24,29)(H,23,25,26);10-11H,6-9H2,1-5H3,(H,14,16);8-9H,4-7,12H2,1-3H3,(H,13,14);7-8H,3-6,9H2,1-2H3;5-6H,1-4,7-8H2. The Morgan fingerprint density at radius 3 is 1.35 bits per heavy atom. The molecule has 452 valence electrons. The van der Waals surface area contributed by atoms with E-state index < -0.39 is 11.2 Å². The molecular weight excluding hydrogens is 997 g/mol.